The summed E-state index contributed by atoms with van der Waals surface area (Å²) in [4.78, 5) is 12.6. The van der Waals surface area contributed by atoms with Crippen LogP contribution in [0.4, 0.5) is 0 Å². The van der Waals surface area contributed by atoms with Crippen LogP contribution in [0.5, 0.6) is 17.2 Å². The molecule has 30 heavy (non-hydrogen) atoms. The Morgan fingerprint density at radius 1 is 1.00 bits per heavy atom. The molecule has 0 saturated carbocycles. The van der Waals surface area contributed by atoms with Crippen LogP contribution in [0, 0.1) is 0 Å². The van der Waals surface area contributed by atoms with E-state index in [9.17, 15) is 4.79 Å². The molecule has 3 aromatic rings. The Hall–Kier alpha value is -3.51. The standard InChI is InChI=1S/C23H21ClN2O4/c1-28-18-12-11-16(22(13-18)29-2)14-25-26-23(27)19-8-4-6-10-21(19)30-15-17-7-3-5-9-20(17)24/h3-14H,15H2,1-2H3,(H,26,27)/b25-14+. The van der Waals surface area contributed by atoms with E-state index in [1.807, 2.05) is 18.2 Å². The number of rotatable bonds is 8. The normalized spacial score (nSPS) is 10.6. The van der Waals surface area contributed by atoms with E-state index in [1.54, 1.807) is 62.8 Å². The molecule has 7 heteroatoms. The number of methoxy groups -OCH3 is 2. The van der Waals surface area contributed by atoms with E-state index in [1.165, 1.54) is 6.21 Å². The molecule has 0 spiro atoms. The van der Waals surface area contributed by atoms with Crippen molar-refractivity contribution in [2.24, 2.45) is 5.10 Å². The van der Waals surface area contributed by atoms with Crippen molar-refractivity contribution < 1.29 is 19.0 Å². The molecule has 0 atom stereocenters. The molecule has 0 saturated heterocycles. The Kier molecular flexibility index (Phi) is 7.29. The molecule has 154 valence electrons. The van der Waals surface area contributed by atoms with E-state index in [0.29, 0.717) is 33.4 Å². The van der Waals surface area contributed by atoms with Gasteiger partial charge in [-0.3, -0.25) is 4.79 Å². The van der Waals surface area contributed by atoms with Gasteiger partial charge in [-0.15, -0.1) is 0 Å². The number of hydrogen-bond donors (Lipinski definition) is 1. The van der Waals surface area contributed by atoms with Crippen molar-refractivity contribution in [1.82, 2.24) is 5.43 Å². The summed E-state index contributed by atoms with van der Waals surface area (Å²) < 4.78 is 16.3. The number of halogens is 1. The highest BCUT2D eigenvalue weighted by molar-refractivity contribution is 6.31. The van der Waals surface area contributed by atoms with Crippen molar-refractivity contribution in [3.8, 4) is 17.2 Å². The maximum absolute atomic E-state index is 12.6. The maximum Gasteiger partial charge on any atom is 0.275 e. The van der Waals surface area contributed by atoms with E-state index in [0.717, 1.165) is 5.56 Å². The zero-order chi connectivity index (χ0) is 21.3. The third-order valence-electron chi connectivity index (χ3n) is 4.28. The Balaban J connectivity index is 1.69. The summed E-state index contributed by atoms with van der Waals surface area (Å²) in [5, 5.41) is 4.64. The number of nitrogens with one attached hydrogen (secondary N) is 1. The lowest BCUT2D eigenvalue weighted by Crippen LogP contribution is -2.18. The first kappa shape index (κ1) is 21.2. The average Bonchev–Trinajstić information content (AvgIpc) is 2.78. The molecule has 6 nitrogen and oxygen atoms in total. The van der Waals surface area contributed by atoms with E-state index in [4.69, 9.17) is 25.8 Å². The number of nitrogens with zero attached hydrogens (tertiary/aromatic N) is 1. The summed E-state index contributed by atoms with van der Waals surface area (Å²) in [5.74, 6) is 1.29. The van der Waals surface area contributed by atoms with E-state index < -0.39 is 5.91 Å². The minimum atomic E-state index is -0.395. The predicted molar refractivity (Wildman–Crippen MR) is 117 cm³/mol. The minimum Gasteiger partial charge on any atom is -0.497 e. The number of hydrogen-bond acceptors (Lipinski definition) is 5. The van der Waals surface area contributed by atoms with Gasteiger partial charge in [0.1, 0.15) is 23.9 Å². The molecule has 0 aromatic heterocycles. The Morgan fingerprint density at radius 3 is 2.53 bits per heavy atom. The van der Waals surface area contributed by atoms with Gasteiger partial charge in [-0.1, -0.05) is 41.9 Å². The second-order valence-corrected chi connectivity index (χ2v) is 6.59. The summed E-state index contributed by atoms with van der Waals surface area (Å²) in [7, 11) is 3.13. The molecule has 0 aliphatic rings. The van der Waals surface area contributed by atoms with Crippen LogP contribution in [0.15, 0.2) is 71.8 Å². The van der Waals surface area contributed by atoms with Gasteiger partial charge >= 0.3 is 0 Å². The number of carbonyl (C=O) groups excluding carboxylic acids is 1. The van der Waals surface area contributed by atoms with Gasteiger partial charge in [0.05, 0.1) is 26.0 Å². The third-order valence-corrected chi connectivity index (χ3v) is 4.65. The first-order valence-electron chi connectivity index (χ1n) is 9.13. The van der Waals surface area contributed by atoms with E-state index >= 15 is 0 Å². The molecule has 0 aliphatic heterocycles. The number of carbonyl (C=O) groups is 1. The second kappa shape index (κ2) is 10.3. The molecule has 0 heterocycles. The van der Waals surface area contributed by atoms with Gasteiger partial charge in [-0.25, -0.2) is 5.43 Å². The summed E-state index contributed by atoms with van der Waals surface area (Å²) in [6.45, 7) is 0.246. The molecular weight excluding hydrogens is 404 g/mol. The van der Waals surface area contributed by atoms with Gasteiger partial charge in [0, 0.05) is 22.2 Å². The van der Waals surface area contributed by atoms with Gasteiger partial charge in [0.25, 0.3) is 5.91 Å². The number of para-hydroxylation sites is 1. The zero-order valence-corrected chi connectivity index (χ0v) is 17.3. The molecule has 3 aromatic carbocycles. The minimum absolute atomic E-state index is 0.246. The fourth-order valence-corrected chi connectivity index (χ4v) is 2.89. The number of ether oxygens (including phenoxy) is 3. The molecule has 0 unspecified atom stereocenters. The van der Waals surface area contributed by atoms with Crippen LogP contribution < -0.4 is 19.6 Å². The predicted octanol–water partition coefficient (Wildman–Crippen LogP) is 4.70. The zero-order valence-electron chi connectivity index (χ0n) is 16.6. The van der Waals surface area contributed by atoms with Crippen LogP contribution in [-0.2, 0) is 6.61 Å². The maximum atomic E-state index is 12.6. The molecule has 0 radical (unpaired) electrons. The lowest BCUT2D eigenvalue weighted by molar-refractivity contribution is 0.0950. The summed E-state index contributed by atoms with van der Waals surface area (Å²) in [6.07, 6.45) is 1.50. The lowest BCUT2D eigenvalue weighted by Gasteiger charge is -2.11. The molecule has 0 bridgehead atoms. The number of benzene rings is 3. The Bertz CT molecular complexity index is 1050. The van der Waals surface area contributed by atoms with Crippen LogP contribution in [-0.4, -0.2) is 26.3 Å². The van der Waals surface area contributed by atoms with Crippen molar-refractivity contribution in [2.45, 2.75) is 6.61 Å². The topological polar surface area (TPSA) is 69.2 Å². The van der Waals surface area contributed by atoms with Crippen molar-refractivity contribution in [1.29, 1.82) is 0 Å². The molecule has 1 amide bonds. The van der Waals surface area contributed by atoms with Gasteiger partial charge in [0.15, 0.2) is 0 Å². The quantitative estimate of drug-likeness (QED) is 0.420. The highest BCUT2D eigenvalue weighted by Crippen LogP contribution is 2.24. The van der Waals surface area contributed by atoms with E-state index in [2.05, 4.69) is 10.5 Å². The first-order valence-corrected chi connectivity index (χ1v) is 9.51. The number of amides is 1. The van der Waals surface area contributed by atoms with Gasteiger partial charge in [-0.2, -0.15) is 5.10 Å². The molecule has 1 N–H and O–H groups in total. The molecular formula is C23H21ClN2O4. The summed E-state index contributed by atoms with van der Waals surface area (Å²) >= 11 is 6.17. The fourth-order valence-electron chi connectivity index (χ4n) is 2.70. The molecule has 3 rings (SSSR count). The number of hydrazone groups is 1. The largest absolute Gasteiger partial charge is 0.497 e. The van der Waals surface area contributed by atoms with E-state index in [-0.39, 0.29) is 6.61 Å². The fraction of sp³-hybridized carbons (Fsp3) is 0.130. The third kappa shape index (κ3) is 5.30. The van der Waals surface area contributed by atoms with Crippen LogP contribution in [0.1, 0.15) is 21.5 Å². The van der Waals surface area contributed by atoms with Gasteiger partial charge in [-0.05, 0) is 30.3 Å². The molecule has 0 fully saturated rings. The summed E-state index contributed by atoms with van der Waals surface area (Å²) in [6, 6.07) is 19.6. The highest BCUT2D eigenvalue weighted by Gasteiger charge is 2.12. The van der Waals surface area contributed by atoms with Crippen LogP contribution in [0.2, 0.25) is 5.02 Å². The second-order valence-electron chi connectivity index (χ2n) is 6.18. The van der Waals surface area contributed by atoms with Crippen LogP contribution >= 0.6 is 11.6 Å². The lowest BCUT2D eigenvalue weighted by atomic mass is 10.2. The Morgan fingerprint density at radius 2 is 1.77 bits per heavy atom. The van der Waals surface area contributed by atoms with Crippen molar-refractivity contribution >= 4 is 23.7 Å². The van der Waals surface area contributed by atoms with Crippen molar-refractivity contribution in [2.75, 3.05) is 14.2 Å². The monoisotopic (exact) mass is 424 g/mol. The Labute approximate surface area is 180 Å². The smallest absolute Gasteiger partial charge is 0.275 e. The van der Waals surface area contributed by atoms with Crippen LogP contribution in [0.25, 0.3) is 0 Å². The molecule has 0 aliphatic carbocycles. The van der Waals surface area contributed by atoms with Gasteiger partial charge in [0.2, 0.25) is 0 Å². The van der Waals surface area contributed by atoms with Crippen molar-refractivity contribution in [3.05, 3.63) is 88.4 Å². The van der Waals surface area contributed by atoms with Crippen LogP contribution in [0.3, 0.4) is 0 Å². The average molecular weight is 425 g/mol. The van der Waals surface area contributed by atoms with Crippen molar-refractivity contribution in [3.63, 3.8) is 0 Å². The van der Waals surface area contributed by atoms with Gasteiger partial charge < -0.3 is 14.2 Å². The first-order chi connectivity index (χ1) is 14.6. The summed E-state index contributed by atoms with van der Waals surface area (Å²) in [5.41, 5.74) is 4.41. The SMILES string of the molecule is COc1ccc(/C=N/NC(=O)c2ccccc2OCc2ccccc2Cl)c(OC)c1. The highest BCUT2D eigenvalue weighted by atomic mass is 35.5.